The maximum atomic E-state index is 8.92. The molecule has 2 N–H and O–H groups in total. The van der Waals surface area contributed by atoms with Gasteiger partial charge in [-0.1, -0.05) is 11.6 Å². The maximum Gasteiger partial charge on any atom is 0.0618 e. The third-order valence-electron chi connectivity index (χ3n) is 2.37. The Balaban J connectivity index is 2.32. The Kier molecular flexibility index (Phi) is 2.79. The Hall–Kier alpha value is -0.930. The number of anilines is 2. The van der Waals surface area contributed by atoms with E-state index < -0.39 is 0 Å². The average molecular weight is 213 g/mol. The number of rotatable bonds is 2. The molecule has 1 aliphatic rings. The molecule has 3 nitrogen and oxygen atoms in total. The summed E-state index contributed by atoms with van der Waals surface area (Å²) in [5.41, 5.74) is 2.17. The third kappa shape index (κ3) is 1.79. The molecule has 2 rings (SSSR count). The predicted molar refractivity (Wildman–Crippen MR) is 59.2 cm³/mol. The maximum absolute atomic E-state index is 8.92. The molecular formula is C10H13ClN2O. The molecule has 0 radical (unpaired) electrons. The Labute approximate surface area is 88.3 Å². The number of aliphatic hydroxyl groups excluding tert-OH is 1. The molecule has 0 atom stereocenters. The van der Waals surface area contributed by atoms with Crippen LogP contribution in [0.4, 0.5) is 11.4 Å². The molecule has 0 saturated carbocycles. The first-order valence-electron chi connectivity index (χ1n) is 4.70. The van der Waals surface area contributed by atoms with E-state index >= 15 is 0 Å². The minimum Gasteiger partial charge on any atom is -0.395 e. The van der Waals surface area contributed by atoms with E-state index in [4.69, 9.17) is 16.7 Å². The molecule has 0 spiro atoms. The van der Waals surface area contributed by atoms with E-state index in [9.17, 15) is 0 Å². The Morgan fingerprint density at radius 1 is 1.50 bits per heavy atom. The highest BCUT2D eigenvalue weighted by molar-refractivity contribution is 6.31. The number of aliphatic hydroxyl groups is 1. The molecular weight excluding hydrogens is 200 g/mol. The number of β-amino-alcohol motifs (C(OH)–C–C–N with tert-alkyl or cyclic N) is 1. The van der Waals surface area contributed by atoms with Crippen molar-refractivity contribution in [2.45, 2.75) is 0 Å². The lowest BCUT2D eigenvalue weighted by molar-refractivity contribution is 0.302. The molecule has 1 aliphatic heterocycles. The van der Waals surface area contributed by atoms with E-state index in [-0.39, 0.29) is 6.61 Å². The molecule has 1 aromatic carbocycles. The number of halogens is 1. The Morgan fingerprint density at radius 3 is 3.14 bits per heavy atom. The van der Waals surface area contributed by atoms with E-state index in [1.54, 1.807) is 0 Å². The van der Waals surface area contributed by atoms with Crippen LogP contribution in [0.2, 0.25) is 5.02 Å². The Morgan fingerprint density at radius 2 is 2.36 bits per heavy atom. The summed E-state index contributed by atoms with van der Waals surface area (Å²) in [6, 6.07) is 5.77. The molecule has 0 aliphatic carbocycles. The van der Waals surface area contributed by atoms with Crippen LogP contribution in [0.15, 0.2) is 18.2 Å². The zero-order chi connectivity index (χ0) is 9.97. The van der Waals surface area contributed by atoms with Crippen LogP contribution in [0, 0.1) is 0 Å². The first-order valence-corrected chi connectivity index (χ1v) is 5.08. The van der Waals surface area contributed by atoms with Crippen molar-refractivity contribution in [1.82, 2.24) is 0 Å². The van der Waals surface area contributed by atoms with Crippen LogP contribution in [-0.4, -0.2) is 31.3 Å². The quantitative estimate of drug-likeness (QED) is 0.781. The second kappa shape index (κ2) is 4.07. The SMILES string of the molecule is OCCN1CCNc2ccc(Cl)cc21. The van der Waals surface area contributed by atoms with Crippen molar-refractivity contribution in [3.8, 4) is 0 Å². The molecule has 14 heavy (non-hydrogen) atoms. The minimum absolute atomic E-state index is 0.173. The number of nitrogens with zero attached hydrogens (tertiary/aromatic N) is 1. The molecule has 0 amide bonds. The topological polar surface area (TPSA) is 35.5 Å². The van der Waals surface area contributed by atoms with Gasteiger partial charge in [0.15, 0.2) is 0 Å². The fourth-order valence-corrected chi connectivity index (χ4v) is 1.88. The summed E-state index contributed by atoms with van der Waals surface area (Å²) in [7, 11) is 0. The highest BCUT2D eigenvalue weighted by Crippen LogP contribution is 2.31. The van der Waals surface area contributed by atoms with Gasteiger partial charge >= 0.3 is 0 Å². The summed E-state index contributed by atoms with van der Waals surface area (Å²) in [6.07, 6.45) is 0. The summed E-state index contributed by atoms with van der Waals surface area (Å²) in [4.78, 5) is 2.14. The van der Waals surface area contributed by atoms with Crippen molar-refractivity contribution >= 4 is 23.0 Å². The number of hydrogen-bond donors (Lipinski definition) is 2. The van der Waals surface area contributed by atoms with Crippen LogP contribution >= 0.6 is 11.6 Å². The second-order valence-corrected chi connectivity index (χ2v) is 3.74. The van der Waals surface area contributed by atoms with Gasteiger partial charge in [-0.2, -0.15) is 0 Å². The van der Waals surface area contributed by atoms with Crippen LogP contribution in [0.25, 0.3) is 0 Å². The van der Waals surface area contributed by atoms with Gasteiger partial charge < -0.3 is 15.3 Å². The Bertz CT molecular complexity index is 330. The molecule has 0 fully saturated rings. The van der Waals surface area contributed by atoms with E-state index in [1.165, 1.54) is 0 Å². The lowest BCUT2D eigenvalue weighted by Gasteiger charge is -2.31. The van der Waals surface area contributed by atoms with Gasteiger partial charge in [-0.05, 0) is 18.2 Å². The summed E-state index contributed by atoms with van der Waals surface area (Å²) < 4.78 is 0. The zero-order valence-corrected chi connectivity index (χ0v) is 8.59. The molecule has 0 unspecified atom stereocenters. The monoisotopic (exact) mass is 212 g/mol. The number of hydrogen-bond acceptors (Lipinski definition) is 3. The standard InChI is InChI=1S/C10H13ClN2O/c11-8-1-2-9-10(7-8)13(5-6-14)4-3-12-9/h1-2,7,12,14H,3-6H2. The minimum atomic E-state index is 0.173. The lowest BCUT2D eigenvalue weighted by atomic mass is 10.2. The molecule has 0 saturated heterocycles. The van der Waals surface area contributed by atoms with Crippen molar-refractivity contribution in [1.29, 1.82) is 0 Å². The molecule has 0 aromatic heterocycles. The van der Waals surface area contributed by atoms with Crippen LogP contribution in [0.3, 0.4) is 0 Å². The van der Waals surface area contributed by atoms with E-state index in [0.29, 0.717) is 6.54 Å². The smallest absolute Gasteiger partial charge is 0.0618 e. The molecule has 76 valence electrons. The van der Waals surface area contributed by atoms with Crippen molar-refractivity contribution in [2.24, 2.45) is 0 Å². The fourth-order valence-electron chi connectivity index (χ4n) is 1.71. The highest BCUT2D eigenvalue weighted by atomic mass is 35.5. The van der Waals surface area contributed by atoms with Crippen molar-refractivity contribution < 1.29 is 5.11 Å². The van der Waals surface area contributed by atoms with Gasteiger partial charge in [0.25, 0.3) is 0 Å². The van der Waals surface area contributed by atoms with Crippen LogP contribution in [-0.2, 0) is 0 Å². The van der Waals surface area contributed by atoms with Gasteiger partial charge in [-0.3, -0.25) is 0 Å². The second-order valence-electron chi connectivity index (χ2n) is 3.30. The largest absolute Gasteiger partial charge is 0.395 e. The fraction of sp³-hybridized carbons (Fsp3) is 0.400. The van der Waals surface area contributed by atoms with E-state index in [1.807, 2.05) is 18.2 Å². The van der Waals surface area contributed by atoms with Crippen LogP contribution in [0.1, 0.15) is 0 Å². The van der Waals surface area contributed by atoms with Crippen LogP contribution < -0.4 is 10.2 Å². The normalized spacial score (nSPS) is 14.9. The predicted octanol–water partition coefficient (Wildman–Crippen LogP) is 1.56. The number of benzene rings is 1. The van der Waals surface area contributed by atoms with Gasteiger partial charge in [0.2, 0.25) is 0 Å². The highest BCUT2D eigenvalue weighted by Gasteiger charge is 2.15. The zero-order valence-electron chi connectivity index (χ0n) is 7.83. The number of nitrogens with one attached hydrogen (secondary N) is 1. The van der Waals surface area contributed by atoms with Gasteiger partial charge in [0.1, 0.15) is 0 Å². The summed E-state index contributed by atoms with van der Waals surface area (Å²) in [6.45, 7) is 2.66. The molecule has 0 bridgehead atoms. The van der Waals surface area contributed by atoms with E-state index in [0.717, 1.165) is 29.5 Å². The van der Waals surface area contributed by atoms with Gasteiger partial charge in [-0.15, -0.1) is 0 Å². The summed E-state index contributed by atoms with van der Waals surface area (Å²) in [5, 5.41) is 12.9. The van der Waals surface area contributed by atoms with Crippen molar-refractivity contribution in [3.63, 3.8) is 0 Å². The summed E-state index contributed by atoms with van der Waals surface area (Å²) in [5.74, 6) is 0. The van der Waals surface area contributed by atoms with Crippen molar-refractivity contribution in [2.75, 3.05) is 36.5 Å². The van der Waals surface area contributed by atoms with Crippen LogP contribution in [0.5, 0.6) is 0 Å². The first-order chi connectivity index (χ1) is 6.81. The van der Waals surface area contributed by atoms with E-state index in [2.05, 4.69) is 10.2 Å². The van der Waals surface area contributed by atoms with Gasteiger partial charge in [0, 0.05) is 24.7 Å². The average Bonchev–Trinajstić information content (AvgIpc) is 2.19. The van der Waals surface area contributed by atoms with Crippen molar-refractivity contribution in [3.05, 3.63) is 23.2 Å². The first kappa shape index (κ1) is 9.62. The van der Waals surface area contributed by atoms with Gasteiger partial charge in [0.05, 0.1) is 18.0 Å². The number of fused-ring (bicyclic) bond motifs is 1. The summed E-state index contributed by atoms with van der Waals surface area (Å²) >= 11 is 5.93. The molecule has 4 heteroatoms. The molecule has 1 aromatic rings. The lowest BCUT2D eigenvalue weighted by Crippen LogP contribution is -2.35. The van der Waals surface area contributed by atoms with Gasteiger partial charge in [-0.25, -0.2) is 0 Å². The third-order valence-corrected chi connectivity index (χ3v) is 2.60. The molecule has 1 heterocycles.